The number of aryl methyl sites for hydroxylation is 2. The van der Waals surface area contributed by atoms with E-state index in [1.807, 2.05) is 12.1 Å². The number of fused-ring (bicyclic) bond motifs is 2. The van der Waals surface area contributed by atoms with Crippen molar-refractivity contribution < 1.29 is 9.47 Å². The van der Waals surface area contributed by atoms with Crippen molar-refractivity contribution in [3.8, 4) is 11.5 Å². The van der Waals surface area contributed by atoms with Gasteiger partial charge in [0.05, 0.1) is 11.4 Å². The lowest BCUT2D eigenvalue weighted by Crippen LogP contribution is -2.37. The molecule has 0 saturated carbocycles. The van der Waals surface area contributed by atoms with Gasteiger partial charge in [-0.15, -0.1) is 0 Å². The Hall–Kier alpha value is -2.62. The Morgan fingerprint density at radius 1 is 0.679 bits per heavy atom. The Bertz CT molecular complexity index is 918. The molecule has 0 spiro atoms. The normalized spacial score (nSPS) is 22.2. The molecule has 4 heteroatoms. The highest BCUT2D eigenvalue weighted by atomic mass is 16.5. The first-order valence-electron chi connectivity index (χ1n) is 9.85. The minimum Gasteiger partial charge on any atom is -0.487 e. The highest BCUT2D eigenvalue weighted by Gasteiger charge is 2.33. The molecule has 0 saturated heterocycles. The van der Waals surface area contributed by atoms with E-state index >= 15 is 0 Å². The van der Waals surface area contributed by atoms with Crippen LogP contribution >= 0.6 is 0 Å². The second kappa shape index (κ2) is 6.47. The number of hydrogen-bond acceptors (Lipinski definition) is 4. The predicted molar refractivity (Wildman–Crippen MR) is 114 cm³/mol. The third-order valence-electron chi connectivity index (χ3n) is 5.14. The van der Waals surface area contributed by atoms with Crippen molar-refractivity contribution in [2.75, 3.05) is 0 Å². The largest absolute Gasteiger partial charge is 0.487 e. The minimum absolute atomic E-state index is 0.301. The average molecular weight is 377 g/mol. The molecule has 4 nitrogen and oxygen atoms in total. The standard InChI is InChI=1S/C24H28N2O2/c1-15-7-9-21-17(11-15)19(13-23(3,4)27-21)25-26-20-14-24(5,6)28-22-10-8-16(2)12-18(20)22/h7-12H,13-14H2,1-6H3/b25-19+,26-20?. The molecule has 0 N–H and O–H groups in total. The third-order valence-corrected chi connectivity index (χ3v) is 5.14. The van der Waals surface area contributed by atoms with Crippen LogP contribution in [0.5, 0.6) is 11.5 Å². The first-order valence-corrected chi connectivity index (χ1v) is 9.85. The van der Waals surface area contributed by atoms with Crippen LogP contribution < -0.4 is 9.47 Å². The molecule has 0 amide bonds. The van der Waals surface area contributed by atoms with Crippen LogP contribution in [0.25, 0.3) is 0 Å². The number of hydrogen-bond donors (Lipinski definition) is 0. The van der Waals surface area contributed by atoms with Crippen molar-refractivity contribution in [1.82, 2.24) is 0 Å². The van der Waals surface area contributed by atoms with Gasteiger partial charge < -0.3 is 9.47 Å². The van der Waals surface area contributed by atoms with Crippen LogP contribution in [0.3, 0.4) is 0 Å². The van der Waals surface area contributed by atoms with E-state index in [9.17, 15) is 0 Å². The molecule has 2 aliphatic rings. The summed E-state index contributed by atoms with van der Waals surface area (Å²) in [5.74, 6) is 1.76. The second-order valence-corrected chi connectivity index (χ2v) is 9.17. The number of nitrogens with zero attached hydrogens (tertiary/aromatic N) is 2. The molecule has 28 heavy (non-hydrogen) atoms. The number of benzene rings is 2. The Kier molecular flexibility index (Phi) is 4.33. The molecule has 0 fully saturated rings. The zero-order chi connectivity index (χ0) is 20.1. The van der Waals surface area contributed by atoms with Crippen LogP contribution in [0.1, 0.15) is 62.8 Å². The van der Waals surface area contributed by atoms with Crippen molar-refractivity contribution in [2.45, 2.75) is 65.6 Å². The Morgan fingerprint density at radius 3 is 1.46 bits per heavy atom. The summed E-state index contributed by atoms with van der Waals surface area (Å²) >= 11 is 0. The topological polar surface area (TPSA) is 43.2 Å². The number of ether oxygens (including phenoxy) is 2. The zero-order valence-corrected chi connectivity index (χ0v) is 17.6. The lowest BCUT2D eigenvalue weighted by molar-refractivity contribution is 0.110. The molecular weight excluding hydrogens is 348 g/mol. The van der Waals surface area contributed by atoms with Crippen molar-refractivity contribution in [3.05, 3.63) is 58.7 Å². The summed E-state index contributed by atoms with van der Waals surface area (Å²) in [6.45, 7) is 12.5. The molecule has 0 aromatic heterocycles. The predicted octanol–water partition coefficient (Wildman–Crippen LogP) is 5.62. The van der Waals surface area contributed by atoms with Crippen LogP contribution in [0.2, 0.25) is 0 Å². The van der Waals surface area contributed by atoms with Crippen molar-refractivity contribution in [2.24, 2.45) is 10.2 Å². The fourth-order valence-electron chi connectivity index (χ4n) is 3.88. The Labute approximate surface area is 167 Å². The van der Waals surface area contributed by atoms with Crippen molar-refractivity contribution >= 4 is 11.4 Å². The monoisotopic (exact) mass is 376 g/mol. The molecule has 4 rings (SSSR count). The van der Waals surface area contributed by atoms with E-state index in [4.69, 9.17) is 19.7 Å². The van der Waals surface area contributed by atoms with E-state index in [1.54, 1.807) is 0 Å². The van der Waals surface area contributed by atoms with E-state index in [2.05, 4.69) is 65.8 Å². The molecule has 0 atom stereocenters. The van der Waals surface area contributed by atoms with Gasteiger partial charge in [0.2, 0.25) is 0 Å². The summed E-state index contributed by atoms with van der Waals surface area (Å²) < 4.78 is 12.3. The van der Waals surface area contributed by atoms with Gasteiger partial charge in [-0.2, -0.15) is 10.2 Å². The fraction of sp³-hybridized carbons (Fsp3) is 0.417. The van der Waals surface area contributed by atoms with E-state index in [0.29, 0.717) is 0 Å². The zero-order valence-electron chi connectivity index (χ0n) is 17.6. The quantitative estimate of drug-likeness (QED) is 0.606. The summed E-state index contributed by atoms with van der Waals surface area (Å²) in [4.78, 5) is 0. The maximum atomic E-state index is 6.15. The molecule has 0 unspecified atom stereocenters. The molecule has 146 valence electrons. The van der Waals surface area contributed by atoms with Gasteiger partial charge >= 0.3 is 0 Å². The molecule has 2 heterocycles. The van der Waals surface area contributed by atoms with E-state index < -0.39 is 0 Å². The molecule has 0 aliphatic carbocycles. The maximum absolute atomic E-state index is 6.15. The van der Waals surface area contributed by atoms with Crippen LogP contribution in [0.4, 0.5) is 0 Å². The number of rotatable bonds is 1. The molecule has 2 aliphatic heterocycles. The van der Waals surface area contributed by atoms with E-state index in [0.717, 1.165) is 46.9 Å². The molecule has 0 radical (unpaired) electrons. The van der Waals surface area contributed by atoms with Crippen LogP contribution in [-0.2, 0) is 0 Å². The first kappa shape index (κ1) is 18.7. The summed E-state index contributed by atoms with van der Waals surface area (Å²) in [5.41, 5.74) is 5.81. The first-order chi connectivity index (χ1) is 13.1. The SMILES string of the molecule is Cc1ccc2c(c1)C(=N/N=C1\CC(C)(C)Oc3ccc(C)cc31)CC(C)(C)O2. The van der Waals surface area contributed by atoms with Gasteiger partial charge in [0, 0.05) is 24.0 Å². The van der Waals surface area contributed by atoms with Gasteiger partial charge in [0.1, 0.15) is 22.7 Å². The van der Waals surface area contributed by atoms with Crippen LogP contribution in [0.15, 0.2) is 46.6 Å². The third kappa shape index (κ3) is 3.68. The highest BCUT2D eigenvalue weighted by molar-refractivity contribution is 6.07. The average Bonchev–Trinajstić information content (AvgIpc) is 2.59. The molecular formula is C24H28N2O2. The maximum Gasteiger partial charge on any atom is 0.129 e. The highest BCUT2D eigenvalue weighted by Crippen LogP contribution is 2.36. The van der Waals surface area contributed by atoms with Gasteiger partial charge in [-0.05, 0) is 65.8 Å². The second-order valence-electron chi connectivity index (χ2n) is 9.17. The summed E-state index contributed by atoms with van der Waals surface area (Å²) in [5, 5.41) is 9.50. The minimum atomic E-state index is -0.301. The van der Waals surface area contributed by atoms with Crippen molar-refractivity contribution in [1.29, 1.82) is 0 Å². The van der Waals surface area contributed by atoms with Gasteiger partial charge in [0.15, 0.2) is 0 Å². The van der Waals surface area contributed by atoms with Crippen LogP contribution in [-0.4, -0.2) is 22.6 Å². The summed E-state index contributed by atoms with van der Waals surface area (Å²) in [6, 6.07) is 12.5. The molecule has 2 aromatic rings. The lowest BCUT2D eigenvalue weighted by Gasteiger charge is -2.34. The van der Waals surface area contributed by atoms with Gasteiger partial charge in [-0.25, -0.2) is 0 Å². The van der Waals surface area contributed by atoms with Gasteiger partial charge in [0.25, 0.3) is 0 Å². The lowest BCUT2D eigenvalue weighted by atomic mass is 9.91. The summed E-state index contributed by atoms with van der Waals surface area (Å²) in [7, 11) is 0. The van der Waals surface area contributed by atoms with Crippen LogP contribution in [0, 0.1) is 13.8 Å². The Balaban J connectivity index is 1.81. The Morgan fingerprint density at radius 2 is 1.07 bits per heavy atom. The fourth-order valence-corrected chi connectivity index (χ4v) is 3.88. The van der Waals surface area contributed by atoms with Crippen molar-refractivity contribution in [3.63, 3.8) is 0 Å². The van der Waals surface area contributed by atoms with Gasteiger partial charge in [-0.3, -0.25) is 0 Å². The summed E-state index contributed by atoms with van der Waals surface area (Å²) in [6.07, 6.45) is 1.45. The van der Waals surface area contributed by atoms with E-state index in [-0.39, 0.29) is 11.2 Å². The molecule has 2 aromatic carbocycles. The molecule has 0 bridgehead atoms. The van der Waals surface area contributed by atoms with Gasteiger partial charge in [-0.1, -0.05) is 23.3 Å². The smallest absolute Gasteiger partial charge is 0.129 e. The van der Waals surface area contributed by atoms with E-state index in [1.165, 1.54) is 11.1 Å².